The van der Waals surface area contributed by atoms with E-state index in [9.17, 15) is 19.1 Å². The molecule has 0 aliphatic carbocycles. The molecule has 0 radical (unpaired) electrons. The predicted octanol–water partition coefficient (Wildman–Crippen LogP) is 2.74. The maximum atomic E-state index is 13.0. The Bertz CT molecular complexity index is 725. The second-order valence-corrected chi connectivity index (χ2v) is 5.89. The van der Waals surface area contributed by atoms with E-state index < -0.39 is 11.6 Å². The molecule has 0 bridgehead atoms. The van der Waals surface area contributed by atoms with E-state index in [1.165, 1.54) is 24.6 Å². The summed E-state index contributed by atoms with van der Waals surface area (Å²) in [5.74, 6) is -1.64. The summed E-state index contributed by atoms with van der Waals surface area (Å²) in [6, 6.07) is 0. The Morgan fingerprint density at radius 1 is 1.55 bits per heavy atom. The number of amides is 1. The first-order valence-electron chi connectivity index (χ1n) is 6.15. The van der Waals surface area contributed by atoms with Crippen LogP contribution in [0.3, 0.4) is 0 Å². The van der Waals surface area contributed by atoms with Gasteiger partial charge in [-0.05, 0) is 37.4 Å². The number of allylic oxidation sites excluding steroid dienone is 4. The molecule has 0 saturated carbocycles. The Labute approximate surface area is 136 Å². The quantitative estimate of drug-likeness (QED) is 0.474. The second kappa shape index (κ2) is 7.81. The van der Waals surface area contributed by atoms with Gasteiger partial charge in [0.25, 0.3) is 0 Å². The van der Waals surface area contributed by atoms with E-state index in [-0.39, 0.29) is 32.7 Å². The van der Waals surface area contributed by atoms with Gasteiger partial charge in [-0.2, -0.15) is 0 Å². The number of aromatic hydroxyl groups is 1. The molecule has 22 heavy (non-hydrogen) atoms. The second-order valence-electron chi connectivity index (χ2n) is 4.21. The van der Waals surface area contributed by atoms with Crippen molar-refractivity contribution in [2.75, 3.05) is 7.05 Å². The number of hydrogen-bond acceptors (Lipinski definition) is 5. The van der Waals surface area contributed by atoms with E-state index in [0.29, 0.717) is 0 Å². The third kappa shape index (κ3) is 4.47. The van der Waals surface area contributed by atoms with Gasteiger partial charge >= 0.3 is 0 Å². The Balaban J connectivity index is 3.34. The van der Waals surface area contributed by atoms with Crippen molar-refractivity contribution < 1.29 is 19.1 Å². The fourth-order valence-corrected chi connectivity index (χ4v) is 2.78. The summed E-state index contributed by atoms with van der Waals surface area (Å²) >= 11 is 6.09. The summed E-state index contributed by atoms with van der Waals surface area (Å²) in [6.07, 6.45) is 3.39. The molecule has 0 aromatic carbocycles. The first-order valence-corrected chi connectivity index (χ1v) is 7.38. The van der Waals surface area contributed by atoms with Crippen molar-refractivity contribution in [3.8, 4) is 5.88 Å². The molecule has 1 rings (SSSR count). The lowest BCUT2D eigenvalue weighted by molar-refractivity contribution is -0.121. The van der Waals surface area contributed by atoms with Gasteiger partial charge in [-0.1, -0.05) is 6.58 Å². The number of nitrogens with one attached hydrogen (secondary N) is 1. The minimum absolute atomic E-state index is 0.0219. The first kappa shape index (κ1) is 18.0. The van der Waals surface area contributed by atoms with E-state index in [2.05, 4.69) is 11.9 Å². The lowest BCUT2D eigenvalue weighted by Crippen LogP contribution is -2.23. The third-order valence-electron chi connectivity index (χ3n) is 2.59. The number of likely N-dealkylation sites (N-methyl/N-ethyl adjacent to an activating group) is 1. The number of halogens is 1. The molecule has 118 valence electrons. The standard InChI is InChI=1S/C14H15FN2O3S2/c1-4-10(18)9(5-8(2)15)6-11-13(20)17(14(21)22-11)7-12(19)16-3/h4-6,20H,1,7H2,2-3H3,(H,16,19)/b8-5+,9-6?. The number of hydrogen-bond donors (Lipinski definition) is 2. The van der Waals surface area contributed by atoms with Crippen molar-refractivity contribution in [3.63, 3.8) is 0 Å². The van der Waals surface area contributed by atoms with Crippen LogP contribution in [0.15, 0.2) is 30.1 Å². The molecule has 2 N–H and O–H groups in total. The maximum Gasteiger partial charge on any atom is 0.239 e. The number of rotatable bonds is 6. The molecular formula is C14H15FN2O3S2. The van der Waals surface area contributed by atoms with E-state index >= 15 is 0 Å². The van der Waals surface area contributed by atoms with Gasteiger partial charge < -0.3 is 10.4 Å². The van der Waals surface area contributed by atoms with Crippen LogP contribution in [0.5, 0.6) is 5.88 Å². The van der Waals surface area contributed by atoms with Crippen LogP contribution in [0, 0.1) is 3.95 Å². The van der Waals surface area contributed by atoms with Crippen molar-refractivity contribution >= 4 is 41.3 Å². The fourth-order valence-electron chi connectivity index (χ4n) is 1.53. The Morgan fingerprint density at radius 3 is 2.68 bits per heavy atom. The minimum Gasteiger partial charge on any atom is -0.493 e. The molecule has 1 heterocycles. The Morgan fingerprint density at radius 2 is 2.18 bits per heavy atom. The van der Waals surface area contributed by atoms with E-state index in [1.807, 2.05) is 0 Å². The molecular weight excluding hydrogens is 327 g/mol. The molecule has 0 fully saturated rings. The van der Waals surface area contributed by atoms with Crippen LogP contribution in [-0.2, 0) is 16.1 Å². The molecule has 0 atom stereocenters. The molecule has 1 aromatic heterocycles. The molecule has 8 heteroatoms. The van der Waals surface area contributed by atoms with Crippen molar-refractivity contribution in [1.29, 1.82) is 0 Å². The lowest BCUT2D eigenvalue weighted by atomic mass is 10.1. The van der Waals surface area contributed by atoms with Crippen molar-refractivity contribution in [3.05, 3.63) is 39.0 Å². The average molecular weight is 342 g/mol. The highest BCUT2D eigenvalue weighted by Gasteiger charge is 2.14. The zero-order chi connectivity index (χ0) is 16.9. The molecule has 0 saturated heterocycles. The monoisotopic (exact) mass is 342 g/mol. The van der Waals surface area contributed by atoms with Gasteiger partial charge in [0.1, 0.15) is 6.54 Å². The maximum absolute atomic E-state index is 13.0. The smallest absolute Gasteiger partial charge is 0.239 e. The topological polar surface area (TPSA) is 71.3 Å². The van der Waals surface area contributed by atoms with Crippen molar-refractivity contribution in [2.45, 2.75) is 13.5 Å². The summed E-state index contributed by atoms with van der Waals surface area (Å²) in [5.41, 5.74) is 0.0219. The van der Waals surface area contributed by atoms with Crippen molar-refractivity contribution in [1.82, 2.24) is 9.88 Å². The number of thiazole rings is 1. The molecule has 0 aliphatic rings. The molecule has 1 amide bonds. The number of ketones is 1. The number of aromatic nitrogens is 1. The first-order chi connectivity index (χ1) is 10.3. The molecule has 0 aliphatic heterocycles. The average Bonchev–Trinajstić information content (AvgIpc) is 2.72. The summed E-state index contributed by atoms with van der Waals surface area (Å²) < 4.78 is 14.5. The van der Waals surface area contributed by atoms with Gasteiger partial charge in [0, 0.05) is 12.6 Å². The Kier molecular flexibility index (Phi) is 6.39. The molecule has 5 nitrogen and oxygen atoms in total. The largest absolute Gasteiger partial charge is 0.493 e. The normalized spacial score (nSPS) is 12.1. The van der Waals surface area contributed by atoms with Gasteiger partial charge in [-0.25, -0.2) is 4.39 Å². The van der Waals surface area contributed by atoms with Crippen LogP contribution in [0.1, 0.15) is 11.8 Å². The van der Waals surface area contributed by atoms with Gasteiger partial charge in [0.2, 0.25) is 11.8 Å². The number of carbonyl (C=O) groups is 2. The minimum atomic E-state index is -0.561. The number of carbonyl (C=O) groups excluding carboxylic acids is 2. The summed E-state index contributed by atoms with van der Waals surface area (Å²) in [4.78, 5) is 23.4. The van der Waals surface area contributed by atoms with Crippen LogP contribution in [-0.4, -0.2) is 28.4 Å². The third-order valence-corrected chi connectivity index (χ3v) is 3.97. The van der Waals surface area contributed by atoms with Gasteiger partial charge in [-0.15, -0.1) is 11.3 Å². The zero-order valence-corrected chi connectivity index (χ0v) is 13.7. The Hall–Kier alpha value is -2.06. The van der Waals surface area contributed by atoms with Crippen LogP contribution in [0.2, 0.25) is 0 Å². The van der Waals surface area contributed by atoms with Gasteiger partial charge in [-0.3, -0.25) is 14.2 Å². The van der Waals surface area contributed by atoms with E-state index in [4.69, 9.17) is 12.2 Å². The summed E-state index contributed by atoms with van der Waals surface area (Å²) in [7, 11) is 1.46. The van der Waals surface area contributed by atoms with Crippen molar-refractivity contribution in [2.24, 2.45) is 0 Å². The summed E-state index contributed by atoms with van der Waals surface area (Å²) in [5, 5.41) is 12.5. The molecule has 0 unspecified atom stereocenters. The van der Waals surface area contributed by atoms with Gasteiger partial charge in [0.15, 0.2) is 9.74 Å². The fraction of sp³-hybridized carbons (Fsp3) is 0.214. The zero-order valence-electron chi connectivity index (χ0n) is 12.1. The van der Waals surface area contributed by atoms with E-state index in [0.717, 1.165) is 23.5 Å². The van der Waals surface area contributed by atoms with Gasteiger partial charge in [0.05, 0.1) is 10.7 Å². The van der Waals surface area contributed by atoms with Crippen LogP contribution >= 0.6 is 23.6 Å². The SMILES string of the molecule is C=CC(=O)C(=Cc1sc(=S)n(CC(=O)NC)c1O)/C=C(\C)F. The predicted molar refractivity (Wildman–Crippen MR) is 86.9 cm³/mol. The van der Waals surface area contributed by atoms with E-state index in [1.54, 1.807) is 0 Å². The number of nitrogens with zero attached hydrogens (tertiary/aromatic N) is 1. The van der Waals surface area contributed by atoms with Crippen LogP contribution in [0.25, 0.3) is 6.08 Å². The summed E-state index contributed by atoms with van der Waals surface area (Å²) in [6.45, 7) is 4.40. The van der Waals surface area contributed by atoms with Crippen LogP contribution < -0.4 is 5.32 Å². The highest BCUT2D eigenvalue weighted by Crippen LogP contribution is 2.29. The van der Waals surface area contributed by atoms with Crippen LogP contribution in [0.4, 0.5) is 4.39 Å². The molecule has 0 spiro atoms. The lowest BCUT2D eigenvalue weighted by Gasteiger charge is -2.03. The highest BCUT2D eigenvalue weighted by molar-refractivity contribution is 7.73. The molecule has 1 aromatic rings. The highest BCUT2D eigenvalue weighted by atomic mass is 32.1.